The second-order valence-electron chi connectivity index (χ2n) is 8.93. The third-order valence-electron chi connectivity index (χ3n) is 6.38. The smallest absolute Gasteiger partial charge is 0.338 e. The molecule has 10 nitrogen and oxygen atoms in total. The molecule has 5 rings (SSSR count). The summed E-state index contributed by atoms with van der Waals surface area (Å²) in [5.74, 6) is -1.97. The fourth-order valence-electron chi connectivity index (χ4n) is 4.44. The fourth-order valence-corrected chi connectivity index (χ4v) is 4.44. The summed E-state index contributed by atoms with van der Waals surface area (Å²) in [5.41, 5.74) is 0.873. The molecule has 0 unspecified atom stereocenters. The van der Waals surface area contributed by atoms with Crippen LogP contribution in [-0.4, -0.2) is 73.1 Å². The average molecular weight is 531 g/mol. The van der Waals surface area contributed by atoms with E-state index in [1.165, 1.54) is 4.90 Å². The molecule has 39 heavy (non-hydrogen) atoms. The predicted molar refractivity (Wildman–Crippen MR) is 137 cm³/mol. The Morgan fingerprint density at radius 1 is 0.744 bits per heavy atom. The maximum absolute atomic E-state index is 13.1. The van der Waals surface area contributed by atoms with Gasteiger partial charge in [0.05, 0.1) is 16.7 Å². The largest absolute Gasteiger partial charge is 0.459 e. The van der Waals surface area contributed by atoms with Crippen LogP contribution in [0.4, 0.5) is 4.79 Å². The van der Waals surface area contributed by atoms with Gasteiger partial charge in [0.15, 0.2) is 18.4 Å². The van der Waals surface area contributed by atoms with Gasteiger partial charge in [0.1, 0.15) is 12.7 Å². The molecule has 2 fully saturated rings. The summed E-state index contributed by atoms with van der Waals surface area (Å²) in [6.07, 6.45) is -4.51. The topological polar surface area (TPSA) is 120 Å². The lowest BCUT2D eigenvalue weighted by Gasteiger charge is -2.28. The first-order valence-corrected chi connectivity index (χ1v) is 12.5. The lowest BCUT2D eigenvalue weighted by molar-refractivity contribution is -0.0800. The third-order valence-corrected chi connectivity index (χ3v) is 6.38. The van der Waals surface area contributed by atoms with Gasteiger partial charge in [-0.1, -0.05) is 54.6 Å². The quantitative estimate of drug-likeness (QED) is 0.349. The second kappa shape index (κ2) is 11.8. The molecule has 200 valence electrons. The highest BCUT2D eigenvalue weighted by atomic mass is 16.7. The molecule has 1 N–H and O–H groups in total. The van der Waals surface area contributed by atoms with Crippen molar-refractivity contribution in [2.45, 2.75) is 24.5 Å². The fraction of sp³-hybridized carbons (Fsp3) is 0.241. The molecule has 2 aliphatic heterocycles. The summed E-state index contributed by atoms with van der Waals surface area (Å²) in [6.45, 7) is 0.324. The Morgan fingerprint density at radius 3 is 1.72 bits per heavy atom. The number of urea groups is 1. The normalized spacial score (nSPS) is 22.2. The Kier molecular flexibility index (Phi) is 7.83. The van der Waals surface area contributed by atoms with Gasteiger partial charge in [-0.2, -0.15) is 0 Å². The lowest BCUT2D eigenvalue weighted by atomic mass is 10.1. The van der Waals surface area contributed by atoms with Gasteiger partial charge in [-0.05, 0) is 36.4 Å². The van der Waals surface area contributed by atoms with E-state index in [1.807, 2.05) is 0 Å². The Balaban J connectivity index is 1.43. The van der Waals surface area contributed by atoms with Crippen LogP contribution >= 0.6 is 0 Å². The molecule has 3 aromatic carbocycles. The molecule has 0 saturated carbocycles. The average Bonchev–Trinajstić information content (AvgIpc) is 3.55. The Bertz CT molecular complexity index is 1320. The van der Waals surface area contributed by atoms with Gasteiger partial charge >= 0.3 is 23.9 Å². The number of hydrogen-bond donors (Lipinski definition) is 1. The van der Waals surface area contributed by atoms with Crippen LogP contribution in [0.15, 0.2) is 91.0 Å². The molecule has 4 atom stereocenters. The lowest BCUT2D eigenvalue weighted by Crippen LogP contribution is -2.48. The minimum atomic E-state index is -1.20. The predicted octanol–water partition coefficient (Wildman–Crippen LogP) is 3.04. The van der Waals surface area contributed by atoms with Crippen LogP contribution in [0.1, 0.15) is 31.1 Å². The highest BCUT2D eigenvalue weighted by Gasteiger charge is 2.54. The maximum atomic E-state index is 13.1. The van der Waals surface area contributed by atoms with E-state index in [1.54, 1.807) is 91.0 Å². The van der Waals surface area contributed by atoms with Gasteiger partial charge in [-0.15, -0.1) is 0 Å². The minimum absolute atomic E-state index is 0.271. The van der Waals surface area contributed by atoms with Crippen LogP contribution in [-0.2, 0) is 18.9 Å². The van der Waals surface area contributed by atoms with Gasteiger partial charge in [0.25, 0.3) is 0 Å². The van der Waals surface area contributed by atoms with Gasteiger partial charge in [0, 0.05) is 13.1 Å². The summed E-state index contributed by atoms with van der Waals surface area (Å²) in [4.78, 5) is 52.7. The first-order valence-electron chi connectivity index (χ1n) is 12.5. The number of nitrogens with zero attached hydrogens (tertiary/aromatic N) is 1. The van der Waals surface area contributed by atoms with Crippen LogP contribution in [0.5, 0.6) is 0 Å². The number of carbonyl (C=O) groups excluding carboxylic acids is 4. The van der Waals surface area contributed by atoms with E-state index in [0.717, 1.165) is 0 Å². The number of hydrogen-bond acceptors (Lipinski definition) is 8. The van der Waals surface area contributed by atoms with E-state index in [0.29, 0.717) is 12.1 Å². The summed E-state index contributed by atoms with van der Waals surface area (Å²) in [6, 6.07) is 24.6. The molecule has 10 heteroatoms. The number of amides is 2. The van der Waals surface area contributed by atoms with Crippen molar-refractivity contribution in [1.82, 2.24) is 10.2 Å². The number of carbonyl (C=O) groups is 4. The molecule has 0 aliphatic carbocycles. The molecule has 2 aliphatic rings. The molecule has 0 bridgehead atoms. The van der Waals surface area contributed by atoms with E-state index in [-0.39, 0.29) is 24.3 Å². The number of esters is 3. The van der Waals surface area contributed by atoms with Crippen LogP contribution < -0.4 is 5.32 Å². The van der Waals surface area contributed by atoms with Crippen LogP contribution in [0.2, 0.25) is 0 Å². The first kappa shape index (κ1) is 25.9. The van der Waals surface area contributed by atoms with Crippen LogP contribution in [0, 0.1) is 0 Å². The van der Waals surface area contributed by atoms with Gasteiger partial charge in [0.2, 0.25) is 0 Å². The number of rotatable bonds is 8. The summed E-state index contributed by atoms with van der Waals surface area (Å²) >= 11 is 0. The molecular weight excluding hydrogens is 504 g/mol. The Morgan fingerprint density at radius 2 is 1.23 bits per heavy atom. The molecule has 2 amide bonds. The van der Waals surface area contributed by atoms with Gasteiger partial charge in [-0.25, -0.2) is 19.2 Å². The highest BCUT2D eigenvalue weighted by Crippen LogP contribution is 2.32. The Labute approximate surface area is 224 Å². The van der Waals surface area contributed by atoms with Crippen molar-refractivity contribution in [1.29, 1.82) is 0 Å². The van der Waals surface area contributed by atoms with Gasteiger partial charge < -0.3 is 24.3 Å². The van der Waals surface area contributed by atoms with Crippen molar-refractivity contribution in [3.05, 3.63) is 108 Å². The van der Waals surface area contributed by atoms with E-state index >= 15 is 0 Å². The molecule has 0 aromatic heterocycles. The highest BCUT2D eigenvalue weighted by molar-refractivity contribution is 5.91. The molecule has 2 heterocycles. The molecule has 0 spiro atoms. The summed E-state index contributed by atoms with van der Waals surface area (Å²) in [5, 5.41) is 2.69. The standard InChI is InChI=1S/C29H26N2O8/c32-26(19-10-4-1-5-11-19)36-18-22-23(38-27(33)20-12-6-2-7-13-20)24(25(37-22)31-17-16-30-29(31)35)39-28(34)21-14-8-3-9-15-21/h1-15,22-25H,16-18H2,(H,30,35)/t22-,23-,24-,25-/m1/s1. The maximum Gasteiger partial charge on any atom is 0.338 e. The third kappa shape index (κ3) is 5.91. The van der Waals surface area contributed by atoms with Crippen molar-refractivity contribution in [2.24, 2.45) is 0 Å². The Hall–Kier alpha value is -4.70. The molecule has 2 saturated heterocycles. The summed E-state index contributed by atoms with van der Waals surface area (Å²) in [7, 11) is 0. The summed E-state index contributed by atoms with van der Waals surface area (Å²) < 4.78 is 23.3. The number of nitrogens with one attached hydrogen (secondary N) is 1. The number of ether oxygens (including phenoxy) is 4. The zero-order valence-corrected chi connectivity index (χ0v) is 20.8. The van der Waals surface area contributed by atoms with E-state index in [4.69, 9.17) is 18.9 Å². The van der Waals surface area contributed by atoms with Crippen molar-refractivity contribution in [3.8, 4) is 0 Å². The van der Waals surface area contributed by atoms with Crippen LogP contribution in [0.3, 0.4) is 0 Å². The number of benzene rings is 3. The van der Waals surface area contributed by atoms with Crippen molar-refractivity contribution >= 4 is 23.9 Å². The second-order valence-corrected chi connectivity index (χ2v) is 8.93. The zero-order chi connectivity index (χ0) is 27.2. The van der Waals surface area contributed by atoms with Gasteiger partial charge in [-0.3, -0.25) is 4.90 Å². The van der Waals surface area contributed by atoms with E-state index in [9.17, 15) is 19.2 Å². The molecule has 3 aromatic rings. The van der Waals surface area contributed by atoms with Crippen LogP contribution in [0.25, 0.3) is 0 Å². The van der Waals surface area contributed by atoms with Crippen molar-refractivity contribution in [2.75, 3.05) is 19.7 Å². The van der Waals surface area contributed by atoms with E-state index in [2.05, 4.69) is 5.32 Å². The van der Waals surface area contributed by atoms with Crippen molar-refractivity contribution in [3.63, 3.8) is 0 Å². The first-order chi connectivity index (χ1) is 19.0. The van der Waals surface area contributed by atoms with Crippen molar-refractivity contribution < 1.29 is 38.1 Å². The monoisotopic (exact) mass is 530 g/mol. The molecular formula is C29H26N2O8. The SMILES string of the molecule is O=C(OC[C@H]1O[C@@H](N2CCNC2=O)[C@H](OC(=O)c2ccccc2)[C@@H]1OC(=O)c1ccccc1)c1ccccc1. The minimum Gasteiger partial charge on any atom is -0.459 e. The van der Waals surface area contributed by atoms with E-state index < -0.39 is 48.5 Å². The zero-order valence-electron chi connectivity index (χ0n) is 20.8. The molecule has 0 radical (unpaired) electrons.